The molecule has 0 heterocycles. The Labute approximate surface area is 108 Å². The van der Waals surface area contributed by atoms with Crippen LogP contribution in [-0.2, 0) is 17.0 Å². The number of halogens is 5. The van der Waals surface area contributed by atoms with E-state index in [4.69, 9.17) is 0 Å². The summed E-state index contributed by atoms with van der Waals surface area (Å²) in [6.07, 6.45) is -5.75. The van der Waals surface area contributed by atoms with Gasteiger partial charge in [-0.15, -0.1) is 0 Å². The Morgan fingerprint density at radius 1 is 1.12 bits per heavy atom. The van der Waals surface area contributed by atoms with Gasteiger partial charge >= 0.3 is 31.0 Å². The molecule has 1 unspecified atom stereocenters. The predicted molar refractivity (Wildman–Crippen MR) is 43.6 cm³/mol. The normalized spacial score (nSPS) is 14.0. The molecule has 1 aromatic carbocycles. The Hall–Kier alpha value is -0.423. The average Bonchev–Trinajstić information content (AvgIpc) is 2.16. The maximum Gasteiger partial charge on any atom is 1.00 e. The quantitative estimate of drug-likeness (QED) is 0.414. The topological polar surface area (TPSA) is 40.1 Å². The summed E-state index contributed by atoms with van der Waals surface area (Å²) in [5.41, 5.74) is -1.40. The van der Waals surface area contributed by atoms with Gasteiger partial charge in [-0.25, -0.2) is 0 Å². The zero-order chi connectivity index (χ0) is 12.6. The van der Waals surface area contributed by atoms with E-state index in [2.05, 4.69) is 0 Å². The van der Waals surface area contributed by atoms with E-state index in [1.54, 1.807) is 0 Å². The molecule has 0 amide bonds. The molecular formula is C8H4F5LiO2S. The van der Waals surface area contributed by atoms with Crippen LogP contribution in [0.25, 0.3) is 0 Å². The van der Waals surface area contributed by atoms with E-state index in [9.17, 15) is 30.7 Å². The zero-order valence-corrected chi connectivity index (χ0v) is 9.24. The molecule has 2 nitrogen and oxygen atoms in total. The van der Waals surface area contributed by atoms with Gasteiger partial charge < -0.3 is 4.55 Å². The first-order valence-electron chi connectivity index (χ1n) is 3.80. The molecule has 0 fully saturated rings. The first-order valence-corrected chi connectivity index (χ1v) is 4.88. The SMILES string of the molecule is O=S([O-])c1cccc(C(F)(F)C(F)(F)F)c1.[Li+]. The molecule has 0 saturated heterocycles. The number of alkyl halides is 5. The Kier molecular flexibility index (Phi) is 5.34. The number of benzene rings is 1. The van der Waals surface area contributed by atoms with Crippen LogP contribution < -0.4 is 18.9 Å². The molecule has 0 spiro atoms. The molecule has 0 aliphatic heterocycles. The van der Waals surface area contributed by atoms with Crippen molar-refractivity contribution >= 4 is 11.1 Å². The molecule has 0 aromatic heterocycles. The molecule has 0 bridgehead atoms. The molecule has 17 heavy (non-hydrogen) atoms. The summed E-state index contributed by atoms with van der Waals surface area (Å²) in [5, 5.41) is 0. The van der Waals surface area contributed by atoms with Crippen molar-refractivity contribution in [3.63, 3.8) is 0 Å². The molecule has 0 aliphatic carbocycles. The predicted octanol–water partition coefficient (Wildman–Crippen LogP) is -0.417. The summed E-state index contributed by atoms with van der Waals surface area (Å²) < 4.78 is 82.2. The second-order valence-corrected chi connectivity index (χ2v) is 3.78. The summed E-state index contributed by atoms with van der Waals surface area (Å²) >= 11 is -2.85. The first kappa shape index (κ1) is 16.6. The maximum atomic E-state index is 12.8. The molecular weight excluding hydrogens is 262 g/mol. The number of hydrogen-bond donors (Lipinski definition) is 0. The van der Waals surface area contributed by atoms with Crippen LogP contribution >= 0.6 is 0 Å². The van der Waals surface area contributed by atoms with E-state index in [1.807, 2.05) is 0 Å². The molecule has 90 valence electrons. The minimum Gasteiger partial charge on any atom is -0.768 e. The van der Waals surface area contributed by atoms with Crippen molar-refractivity contribution in [3.05, 3.63) is 29.8 Å². The van der Waals surface area contributed by atoms with Crippen molar-refractivity contribution in [1.82, 2.24) is 0 Å². The third kappa shape index (κ3) is 3.52. The van der Waals surface area contributed by atoms with Gasteiger partial charge in [-0.1, -0.05) is 12.1 Å². The monoisotopic (exact) mass is 266 g/mol. The molecule has 9 heteroatoms. The third-order valence-corrected chi connectivity index (χ3v) is 2.38. The molecule has 0 radical (unpaired) electrons. The minimum absolute atomic E-state index is 0. The molecule has 0 N–H and O–H groups in total. The van der Waals surface area contributed by atoms with Crippen LogP contribution in [0.15, 0.2) is 29.2 Å². The second kappa shape index (κ2) is 5.48. The summed E-state index contributed by atoms with van der Waals surface area (Å²) in [6.45, 7) is 0. The molecule has 1 atom stereocenters. The Morgan fingerprint density at radius 3 is 2.06 bits per heavy atom. The van der Waals surface area contributed by atoms with Crippen LogP contribution in [0.1, 0.15) is 5.56 Å². The zero-order valence-electron chi connectivity index (χ0n) is 8.42. The molecule has 0 aliphatic rings. The van der Waals surface area contributed by atoms with Crippen molar-refractivity contribution in [2.45, 2.75) is 17.0 Å². The summed E-state index contributed by atoms with van der Waals surface area (Å²) in [5.74, 6) is -5.07. The van der Waals surface area contributed by atoms with Crippen LogP contribution in [0, 0.1) is 0 Å². The van der Waals surface area contributed by atoms with Crippen LogP contribution in [0.2, 0.25) is 0 Å². The van der Waals surface area contributed by atoms with Gasteiger partial charge in [0.15, 0.2) is 0 Å². The van der Waals surface area contributed by atoms with Gasteiger partial charge in [0.1, 0.15) is 0 Å². The van der Waals surface area contributed by atoms with Crippen LogP contribution in [0.3, 0.4) is 0 Å². The van der Waals surface area contributed by atoms with E-state index >= 15 is 0 Å². The third-order valence-electron chi connectivity index (χ3n) is 1.75. The fourth-order valence-electron chi connectivity index (χ4n) is 0.959. The largest absolute Gasteiger partial charge is 1.00 e. The second-order valence-electron chi connectivity index (χ2n) is 2.83. The minimum atomic E-state index is -5.75. The summed E-state index contributed by atoms with van der Waals surface area (Å²) in [6, 6.07) is 2.54. The standard InChI is InChI=1S/C8H5F5O2S.Li/c9-7(10,8(11,12)13)5-2-1-3-6(4-5)16(14)15;/h1-4H,(H,14,15);/q;+1/p-1. The van der Waals surface area contributed by atoms with E-state index in [0.29, 0.717) is 6.07 Å². The van der Waals surface area contributed by atoms with Crippen molar-refractivity contribution in [3.8, 4) is 0 Å². The molecule has 1 rings (SSSR count). The van der Waals surface area contributed by atoms with Gasteiger partial charge in [-0.2, -0.15) is 22.0 Å². The van der Waals surface area contributed by atoms with Gasteiger partial charge in [0, 0.05) is 10.5 Å². The van der Waals surface area contributed by atoms with Crippen molar-refractivity contribution in [1.29, 1.82) is 0 Å². The van der Waals surface area contributed by atoms with Crippen LogP contribution in [0.4, 0.5) is 22.0 Å². The van der Waals surface area contributed by atoms with Gasteiger partial charge in [-0.3, -0.25) is 4.21 Å². The maximum absolute atomic E-state index is 12.8. The Balaban J connectivity index is 0.00000256. The van der Waals surface area contributed by atoms with E-state index in [0.717, 1.165) is 12.1 Å². The first-order chi connectivity index (χ1) is 7.16. The van der Waals surface area contributed by atoms with Crippen LogP contribution in [-0.4, -0.2) is 14.9 Å². The smallest absolute Gasteiger partial charge is 0.768 e. The Morgan fingerprint density at radius 2 is 1.65 bits per heavy atom. The number of hydrogen-bond acceptors (Lipinski definition) is 2. The van der Waals surface area contributed by atoms with Gasteiger partial charge in [-0.05, 0) is 23.2 Å². The van der Waals surface area contributed by atoms with Gasteiger partial charge in [0.05, 0.1) is 0 Å². The van der Waals surface area contributed by atoms with Gasteiger partial charge in [0.25, 0.3) is 0 Å². The fraction of sp³-hybridized carbons (Fsp3) is 0.250. The van der Waals surface area contributed by atoms with Crippen molar-refractivity contribution < 1.29 is 49.6 Å². The fourth-order valence-corrected chi connectivity index (χ4v) is 1.37. The Bertz CT molecular complexity index is 421. The van der Waals surface area contributed by atoms with Gasteiger partial charge in [0.2, 0.25) is 0 Å². The molecule has 0 saturated carbocycles. The van der Waals surface area contributed by atoms with E-state index < -0.39 is 33.6 Å². The molecule has 1 aromatic rings. The van der Waals surface area contributed by atoms with Crippen LogP contribution in [0.5, 0.6) is 0 Å². The van der Waals surface area contributed by atoms with Crippen molar-refractivity contribution in [2.24, 2.45) is 0 Å². The van der Waals surface area contributed by atoms with Crippen molar-refractivity contribution in [2.75, 3.05) is 0 Å². The number of rotatable bonds is 2. The summed E-state index contributed by atoms with van der Waals surface area (Å²) in [7, 11) is 0. The van der Waals surface area contributed by atoms with E-state index in [1.165, 1.54) is 0 Å². The van der Waals surface area contributed by atoms with E-state index in [-0.39, 0.29) is 24.9 Å². The summed E-state index contributed by atoms with van der Waals surface area (Å²) in [4.78, 5) is -0.624. The average molecular weight is 266 g/mol.